The highest BCUT2D eigenvalue weighted by molar-refractivity contribution is 6.33. The number of benzene rings is 2. The molecule has 0 atom stereocenters. The first-order chi connectivity index (χ1) is 14.7. The Balaban J connectivity index is 1.94. The topological polar surface area (TPSA) is 141 Å². The number of methoxy groups -OCH3 is 2. The van der Waals surface area contributed by atoms with Gasteiger partial charge in [0, 0.05) is 0 Å². The van der Waals surface area contributed by atoms with E-state index in [9.17, 15) is 24.8 Å². The van der Waals surface area contributed by atoms with Crippen LogP contribution in [-0.4, -0.2) is 36.1 Å². The van der Waals surface area contributed by atoms with E-state index in [-0.39, 0.29) is 44.8 Å². The summed E-state index contributed by atoms with van der Waals surface area (Å²) in [5, 5.41) is 23.0. The molecule has 3 aromatic rings. The minimum atomic E-state index is -1.24. The molecule has 3 rings (SSSR count). The van der Waals surface area contributed by atoms with E-state index in [1.165, 1.54) is 56.7 Å². The van der Waals surface area contributed by atoms with Crippen molar-refractivity contribution in [3.05, 3.63) is 68.9 Å². The van der Waals surface area contributed by atoms with Crippen molar-refractivity contribution in [2.24, 2.45) is 0 Å². The predicted octanol–water partition coefficient (Wildman–Crippen LogP) is 4.48. The Morgan fingerprint density at radius 1 is 1.13 bits per heavy atom. The van der Waals surface area contributed by atoms with Crippen LogP contribution in [-0.2, 0) is 0 Å². The largest absolute Gasteiger partial charge is 0.497 e. The van der Waals surface area contributed by atoms with Crippen LogP contribution in [0, 0.1) is 10.1 Å². The van der Waals surface area contributed by atoms with E-state index in [0.717, 1.165) is 0 Å². The fraction of sp³-hybridized carbons (Fsp3) is 0.100. The van der Waals surface area contributed by atoms with E-state index in [0.29, 0.717) is 5.75 Å². The third-order valence-corrected chi connectivity index (χ3v) is 4.52. The minimum absolute atomic E-state index is 0.00769. The van der Waals surface area contributed by atoms with Crippen LogP contribution in [0.2, 0.25) is 5.02 Å². The normalized spacial score (nSPS) is 10.4. The molecule has 0 unspecified atom stereocenters. The van der Waals surface area contributed by atoms with Gasteiger partial charge in [0.1, 0.15) is 11.5 Å². The van der Waals surface area contributed by atoms with Crippen LogP contribution in [0.5, 0.6) is 11.5 Å². The number of halogens is 1. The van der Waals surface area contributed by atoms with E-state index in [1.54, 1.807) is 0 Å². The number of carbonyl (C=O) groups excluding carboxylic acids is 1. The Kier molecular flexibility index (Phi) is 6.12. The quantitative estimate of drug-likeness (QED) is 0.399. The number of nitrogens with one attached hydrogen (secondary N) is 1. The Bertz CT molecular complexity index is 1190. The van der Waals surface area contributed by atoms with Gasteiger partial charge in [0.15, 0.2) is 11.5 Å². The lowest BCUT2D eigenvalue weighted by atomic mass is 10.1. The molecular weight excluding hydrogens is 432 g/mol. The van der Waals surface area contributed by atoms with Crippen LogP contribution in [0.4, 0.5) is 11.4 Å². The summed E-state index contributed by atoms with van der Waals surface area (Å²) in [7, 11) is 2.69. The zero-order chi connectivity index (χ0) is 22.7. The number of anilines is 1. The third kappa shape index (κ3) is 4.43. The van der Waals surface area contributed by atoms with E-state index in [2.05, 4.69) is 5.32 Å². The number of nitro benzene ring substituents is 1. The Labute approximate surface area is 180 Å². The van der Waals surface area contributed by atoms with Gasteiger partial charge in [0.2, 0.25) is 0 Å². The first-order valence-corrected chi connectivity index (χ1v) is 8.97. The number of furan rings is 1. The Morgan fingerprint density at radius 2 is 1.87 bits per heavy atom. The summed E-state index contributed by atoms with van der Waals surface area (Å²) in [5.74, 6) is -1.70. The molecule has 1 aromatic heterocycles. The van der Waals surface area contributed by atoms with Crippen molar-refractivity contribution >= 4 is 34.9 Å². The van der Waals surface area contributed by atoms with Gasteiger partial charge in [-0.05, 0) is 36.4 Å². The van der Waals surface area contributed by atoms with Crippen molar-refractivity contribution in [3.8, 4) is 22.8 Å². The summed E-state index contributed by atoms with van der Waals surface area (Å²) in [4.78, 5) is 34.7. The molecule has 0 aliphatic rings. The highest BCUT2D eigenvalue weighted by atomic mass is 35.5. The summed E-state index contributed by atoms with van der Waals surface area (Å²) in [6.45, 7) is 0. The third-order valence-electron chi connectivity index (χ3n) is 4.24. The maximum Gasteiger partial charge on any atom is 0.335 e. The highest BCUT2D eigenvalue weighted by Crippen LogP contribution is 2.36. The molecule has 11 heteroatoms. The second kappa shape index (κ2) is 8.76. The molecule has 160 valence electrons. The molecule has 0 bridgehead atoms. The summed E-state index contributed by atoms with van der Waals surface area (Å²) in [5.41, 5.74) is -0.248. The molecule has 1 amide bonds. The van der Waals surface area contributed by atoms with Crippen LogP contribution in [0.15, 0.2) is 46.9 Å². The van der Waals surface area contributed by atoms with Crippen LogP contribution in [0.1, 0.15) is 20.9 Å². The first-order valence-electron chi connectivity index (χ1n) is 8.60. The van der Waals surface area contributed by atoms with Crippen molar-refractivity contribution < 1.29 is 33.5 Å². The number of nitrogens with zero attached hydrogens (tertiary/aromatic N) is 1. The Hall–Kier alpha value is -4.05. The van der Waals surface area contributed by atoms with Crippen LogP contribution >= 0.6 is 11.6 Å². The van der Waals surface area contributed by atoms with Gasteiger partial charge in [-0.3, -0.25) is 14.9 Å². The average molecular weight is 447 g/mol. The number of rotatable bonds is 7. The highest BCUT2D eigenvalue weighted by Gasteiger charge is 2.22. The SMILES string of the molecule is COc1ccc(-c2ccc(C(=O)Nc3cc(C(=O)O)cc(Cl)c3OC)o2)c([N+](=O)[O-])c1. The van der Waals surface area contributed by atoms with Crippen molar-refractivity contribution in [1.29, 1.82) is 0 Å². The van der Waals surface area contributed by atoms with Crippen LogP contribution in [0.25, 0.3) is 11.3 Å². The van der Waals surface area contributed by atoms with Gasteiger partial charge in [-0.15, -0.1) is 0 Å². The molecule has 0 saturated carbocycles. The van der Waals surface area contributed by atoms with Gasteiger partial charge in [-0.25, -0.2) is 4.79 Å². The number of ether oxygens (including phenoxy) is 2. The van der Waals surface area contributed by atoms with Crippen LogP contribution in [0.3, 0.4) is 0 Å². The summed E-state index contributed by atoms with van der Waals surface area (Å²) >= 11 is 6.03. The fourth-order valence-corrected chi connectivity index (χ4v) is 3.10. The second-order valence-corrected chi connectivity index (χ2v) is 6.51. The zero-order valence-corrected chi connectivity index (χ0v) is 16.9. The summed E-state index contributed by atoms with van der Waals surface area (Å²) in [6.07, 6.45) is 0. The first kappa shape index (κ1) is 21.7. The number of amides is 1. The standard InChI is InChI=1S/C20H15ClN2O8/c1-29-11-3-4-12(15(9-11)23(27)28)16-5-6-17(31-16)19(24)22-14-8-10(20(25)26)7-13(21)18(14)30-2/h3-9H,1-2H3,(H,22,24)(H,25,26). The van der Waals surface area contributed by atoms with Crippen molar-refractivity contribution in [3.63, 3.8) is 0 Å². The molecule has 0 aliphatic heterocycles. The van der Waals surface area contributed by atoms with E-state index in [4.69, 9.17) is 25.5 Å². The number of hydrogen-bond donors (Lipinski definition) is 2. The van der Waals surface area contributed by atoms with Crippen molar-refractivity contribution in [1.82, 2.24) is 0 Å². The maximum atomic E-state index is 12.6. The number of nitro groups is 1. The molecule has 31 heavy (non-hydrogen) atoms. The number of carbonyl (C=O) groups is 2. The molecule has 1 heterocycles. The molecular formula is C20H15ClN2O8. The maximum absolute atomic E-state index is 12.6. The Morgan fingerprint density at radius 3 is 2.48 bits per heavy atom. The molecule has 0 spiro atoms. The minimum Gasteiger partial charge on any atom is -0.497 e. The number of carboxylic acid groups (broad SMARTS) is 1. The molecule has 2 N–H and O–H groups in total. The van der Waals surface area contributed by atoms with Gasteiger partial charge in [0.25, 0.3) is 11.6 Å². The molecule has 10 nitrogen and oxygen atoms in total. The molecule has 2 aromatic carbocycles. The van der Waals surface area contributed by atoms with E-state index in [1.807, 2.05) is 0 Å². The monoisotopic (exact) mass is 446 g/mol. The molecule has 0 radical (unpaired) electrons. The van der Waals surface area contributed by atoms with Crippen molar-refractivity contribution in [2.45, 2.75) is 0 Å². The fourth-order valence-electron chi connectivity index (χ4n) is 2.80. The smallest absolute Gasteiger partial charge is 0.335 e. The molecule has 0 fully saturated rings. The van der Waals surface area contributed by atoms with Gasteiger partial charge < -0.3 is 24.3 Å². The number of aromatic carboxylic acids is 1. The number of carboxylic acids is 1. The predicted molar refractivity (Wildman–Crippen MR) is 110 cm³/mol. The van der Waals surface area contributed by atoms with Gasteiger partial charge in [0.05, 0.1) is 47.0 Å². The lowest BCUT2D eigenvalue weighted by Crippen LogP contribution is -2.13. The van der Waals surface area contributed by atoms with E-state index < -0.39 is 16.8 Å². The number of hydrogen-bond acceptors (Lipinski definition) is 7. The van der Waals surface area contributed by atoms with Crippen molar-refractivity contribution in [2.75, 3.05) is 19.5 Å². The zero-order valence-electron chi connectivity index (χ0n) is 16.2. The summed E-state index contributed by atoms with van der Waals surface area (Å²) < 4.78 is 15.6. The average Bonchev–Trinajstić information content (AvgIpc) is 3.23. The summed E-state index contributed by atoms with van der Waals surface area (Å²) in [6, 6.07) is 9.30. The van der Waals surface area contributed by atoms with Gasteiger partial charge >= 0.3 is 5.97 Å². The lowest BCUT2D eigenvalue weighted by Gasteiger charge is -2.12. The van der Waals surface area contributed by atoms with Gasteiger partial charge in [-0.2, -0.15) is 0 Å². The van der Waals surface area contributed by atoms with Gasteiger partial charge in [-0.1, -0.05) is 11.6 Å². The van der Waals surface area contributed by atoms with Crippen LogP contribution < -0.4 is 14.8 Å². The lowest BCUT2D eigenvalue weighted by molar-refractivity contribution is -0.384. The molecule has 0 aliphatic carbocycles. The molecule has 0 saturated heterocycles. The second-order valence-electron chi connectivity index (χ2n) is 6.10. The van der Waals surface area contributed by atoms with E-state index >= 15 is 0 Å².